The van der Waals surface area contributed by atoms with E-state index < -0.39 is 17.2 Å². The molecule has 0 saturated carbocycles. The van der Waals surface area contributed by atoms with Gasteiger partial charge in [0, 0.05) is 30.9 Å². The lowest BCUT2D eigenvalue weighted by Crippen LogP contribution is -2.39. The maximum absolute atomic E-state index is 11.9. The van der Waals surface area contributed by atoms with Gasteiger partial charge in [-0.2, -0.15) is 0 Å². The van der Waals surface area contributed by atoms with Crippen molar-refractivity contribution in [3.05, 3.63) is 24.3 Å². The van der Waals surface area contributed by atoms with Gasteiger partial charge in [-0.05, 0) is 52.0 Å². The first-order chi connectivity index (χ1) is 12.9. The zero-order chi connectivity index (χ0) is 20.0. The molecule has 0 saturated heterocycles. The third-order valence-electron chi connectivity index (χ3n) is 4.18. The highest BCUT2D eigenvalue weighted by atomic mass is 32.2. The maximum atomic E-state index is 11.9. The number of anilines is 1. The Hall–Kier alpha value is -2.55. The summed E-state index contributed by atoms with van der Waals surface area (Å²) < 4.78 is 1.95. The average Bonchev–Trinajstić information content (AvgIpc) is 3.05. The smallest absolute Gasteiger partial charge is 0.318 e. The van der Waals surface area contributed by atoms with Crippen molar-refractivity contribution in [2.24, 2.45) is 5.73 Å². The van der Waals surface area contributed by atoms with E-state index in [0.717, 1.165) is 30.2 Å². The number of amides is 3. The second kappa shape index (κ2) is 9.40. The Morgan fingerprint density at radius 3 is 2.33 bits per heavy atom. The highest BCUT2D eigenvalue weighted by Gasteiger charge is 2.21. The van der Waals surface area contributed by atoms with Crippen LogP contribution in [0.4, 0.5) is 10.5 Å². The monoisotopic (exact) mass is 390 g/mol. The fourth-order valence-electron chi connectivity index (χ4n) is 2.72. The Bertz CT molecular complexity index is 786. The Balaban J connectivity index is 2.22. The molecule has 1 aromatic heterocycles. The zero-order valence-electron chi connectivity index (χ0n) is 16.1. The summed E-state index contributed by atoms with van der Waals surface area (Å²) >= 11 is 1.24. The van der Waals surface area contributed by atoms with Crippen molar-refractivity contribution >= 4 is 29.4 Å². The summed E-state index contributed by atoms with van der Waals surface area (Å²) in [4.78, 5) is 25.0. The number of urea groups is 1. The lowest BCUT2D eigenvalue weighted by Gasteiger charge is -2.21. The van der Waals surface area contributed by atoms with Crippen molar-refractivity contribution in [2.45, 2.75) is 44.6 Å². The molecule has 3 amide bonds. The number of carbonyl (C=O) groups excluding carboxylic acids is 2. The standard InChI is InChI=1S/C18H26N6O2S/c1-5-23(6-2)14-10-8-13(9-11-14)15-21-22-18(24(15)7-3)27-12(4)16(25)20-17(19)26/h8-12H,5-7H2,1-4H3,(H3,19,20,25,26)/t12-/m0/s1. The lowest BCUT2D eigenvalue weighted by molar-refractivity contribution is -0.119. The number of imide groups is 1. The van der Waals surface area contributed by atoms with Gasteiger partial charge in [0.15, 0.2) is 11.0 Å². The predicted octanol–water partition coefficient (Wildman–Crippen LogP) is 2.49. The van der Waals surface area contributed by atoms with Gasteiger partial charge in [0.2, 0.25) is 5.91 Å². The molecule has 0 aliphatic heterocycles. The van der Waals surface area contributed by atoms with Crippen LogP contribution in [0.15, 0.2) is 29.4 Å². The van der Waals surface area contributed by atoms with Crippen LogP contribution in [0.25, 0.3) is 11.4 Å². The zero-order valence-corrected chi connectivity index (χ0v) is 16.9. The van der Waals surface area contributed by atoms with E-state index in [4.69, 9.17) is 5.73 Å². The average molecular weight is 391 g/mol. The number of hydrogen-bond donors (Lipinski definition) is 2. The number of rotatable bonds is 8. The van der Waals surface area contributed by atoms with Crippen molar-refractivity contribution in [3.63, 3.8) is 0 Å². The third-order valence-corrected chi connectivity index (χ3v) is 5.27. The van der Waals surface area contributed by atoms with E-state index in [-0.39, 0.29) is 0 Å². The molecule has 0 fully saturated rings. The van der Waals surface area contributed by atoms with E-state index in [1.165, 1.54) is 11.8 Å². The molecular weight excluding hydrogens is 364 g/mol. The molecule has 146 valence electrons. The first-order valence-electron chi connectivity index (χ1n) is 8.96. The minimum atomic E-state index is -0.863. The fourth-order valence-corrected chi connectivity index (χ4v) is 3.63. The molecule has 0 unspecified atom stereocenters. The molecule has 1 heterocycles. The summed E-state index contributed by atoms with van der Waals surface area (Å²) in [5, 5.41) is 10.7. The van der Waals surface area contributed by atoms with Crippen molar-refractivity contribution in [1.82, 2.24) is 20.1 Å². The van der Waals surface area contributed by atoms with Crippen LogP contribution in [0.2, 0.25) is 0 Å². The van der Waals surface area contributed by atoms with Gasteiger partial charge in [-0.25, -0.2) is 4.79 Å². The summed E-state index contributed by atoms with van der Waals surface area (Å²) in [7, 11) is 0. The molecule has 0 spiro atoms. The molecule has 1 atom stereocenters. The molecule has 3 N–H and O–H groups in total. The van der Waals surface area contributed by atoms with Gasteiger partial charge in [-0.15, -0.1) is 10.2 Å². The van der Waals surface area contributed by atoms with Crippen LogP contribution in [0, 0.1) is 0 Å². The molecular formula is C18H26N6O2S. The van der Waals surface area contributed by atoms with Crippen LogP contribution in [0.1, 0.15) is 27.7 Å². The molecule has 8 nitrogen and oxygen atoms in total. The molecule has 2 aromatic rings. The number of hydrogen-bond acceptors (Lipinski definition) is 6. The first-order valence-corrected chi connectivity index (χ1v) is 9.84. The SMILES string of the molecule is CCN(CC)c1ccc(-c2nnc(S[C@@H](C)C(=O)NC(N)=O)n2CC)cc1. The summed E-state index contributed by atoms with van der Waals surface area (Å²) in [6, 6.07) is 7.35. The number of aromatic nitrogens is 3. The molecule has 0 aliphatic carbocycles. The van der Waals surface area contributed by atoms with E-state index in [0.29, 0.717) is 11.7 Å². The highest BCUT2D eigenvalue weighted by molar-refractivity contribution is 8.00. The minimum absolute atomic E-state index is 0.455. The topological polar surface area (TPSA) is 106 Å². The number of nitrogens with one attached hydrogen (secondary N) is 1. The van der Waals surface area contributed by atoms with Gasteiger partial charge in [0.05, 0.1) is 5.25 Å². The van der Waals surface area contributed by atoms with Crippen molar-refractivity contribution < 1.29 is 9.59 Å². The molecule has 9 heteroatoms. The Morgan fingerprint density at radius 1 is 1.19 bits per heavy atom. The van der Waals surface area contributed by atoms with Crippen LogP contribution in [-0.4, -0.2) is 45.0 Å². The van der Waals surface area contributed by atoms with E-state index in [2.05, 4.69) is 46.4 Å². The third kappa shape index (κ3) is 5.00. The van der Waals surface area contributed by atoms with E-state index >= 15 is 0 Å². The predicted molar refractivity (Wildman–Crippen MR) is 108 cm³/mol. The second-order valence-corrected chi connectivity index (χ2v) is 7.19. The van der Waals surface area contributed by atoms with E-state index in [9.17, 15) is 9.59 Å². The largest absolute Gasteiger partial charge is 0.372 e. The molecule has 2 rings (SSSR count). The van der Waals surface area contributed by atoms with Gasteiger partial charge in [-0.1, -0.05) is 11.8 Å². The van der Waals surface area contributed by atoms with Gasteiger partial charge in [0.1, 0.15) is 0 Å². The van der Waals surface area contributed by atoms with Gasteiger partial charge in [-0.3, -0.25) is 10.1 Å². The minimum Gasteiger partial charge on any atom is -0.372 e. The van der Waals surface area contributed by atoms with Crippen molar-refractivity contribution in [2.75, 3.05) is 18.0 Å². The Kier molecular flexibility index (Phi) is 7.23. The second-order valence-electron chi connectivity index (χ2n) is 5.88. The maximum Gasteiger partial charge on any atom is 0.318 e. The first kappa shape index (κ1) is 20.8. The Labute approximate surface area is 163 Å². The highest BCUT2D eigenvalue weighted by Crippen LogP contribution is 2.28. The number of benzene rings is 1. The van der Waals surface area contributed by atoms with E-state index in [1.807, 2.05) is 23.6 Å². The van der Waals surface area contributed by atoms with Crippen molar-refractivity contribution in [1.29, 1.82) is 0 Å². The number of nitrogens with two attached hydrogens (primary N) is 1. The quantitative estimate of drug-likeness (QED) is 0.671. The number of carbonyl (C=O) groups is 2. The fraction of sp³-hybridized carbons (Fsp3) is 0.444. The lowest BCUT2D eigenvalue weighted by atomic mass is 10.2. The molecule has 27 heavy (non-hydrogen) atoms. The molecule has 0 radical (unpaired) electrons. The molecule has 0 aliphatic rings. The van der Waals surface area contributed by atoms with Crippen LogP contribution in [0.5, 0.6) is 0 Å². The molecule has 1 aromatic carbocycles. The van der Waals surface area contributed by atoms with Crippen LogP contribution in [0.3, 0.4) is 0 Å². The molecule has 0 bridgehead atoms. The summed E-state index contributed by atoms with van der Waals surface area (Å²) in [6.07, 6.45) is 0. The summed E-state index contributed by atoms with van der Waals surface area (Å²) in [5.41, 5.74) is 7.12. The van der Waals surface area contributed by atoms with Crippen LogP contribution >= 0.6 is 11.8 Å². The number of nitrogens with zero attached hydrogens (tertiary/aromatic N) is 4. The van der Waals surface area contributed by atoms with E-state index in [1.54, 1.807) is 6.92 Å². The van der Waals surface area contributed by atoms with Crippen LogP contribution < -0.4 is 16.0 Å². The number of primary amides is 1. The summed E-state index contributed by atoms with van der Waals surface area (Å²) in [5.74, 6) is 0.289. The summed E-state index contributed by atoms with van der Waals surface area (Å²) in [6.45, 7) is 10.5. The van der Waals surface area contributed by atoms with Gasteiger partial charge < -0.3 is 15.2 Å². The van der Waals surface area contributed by atoms with Crippen LogP contribution in [-0.2, 0) is 11.3 Å². The van der Waals surface area contributed by atoms with Gasteiger partial charge in [0.25, 0.3) is 0 Å². The normalized spacial score (nSPS) is 11.9. The van der Waals surface area contributed by atoms with Gasteiger partial charge >= 0.3 is 6.03 Å². The van der Waals surface area contributed by atoms with Crippen molar-refractivity contribution in [3.8, 4) is 11.4 Å². The Morgan fingerprint density at radius 2 is 1.81 bits per heavy atom. The number of thioether (sulfide) groups is 1.